The van der Waals surface area contributed by atoms with E-state index in [4.69, 9.17) is 14.2 Å². The molecule has 37 heavy (non-hydrogen) atoms. The number of ether oxygens (including phenoxy) is 3. The predicted octanol–water partition coefficient (Wildman–Crippen LogP) is 2.66. The Morgan fingerprint density at radius 2 is 1.95 bits per heavy atom. The van der Waals surface area contributed by atoms with Crippen molar-refractivity contribution in [2.24, 2.45) is 0 Å². The number of carbonyl (C=O) groups is 1. The Labute approximate surface area is 216 Å². The van der Waals surface area contributed by atoms with Gasteiger partial charge < -0.3 is 29.2 Å². The molecular weight excluding hydrogens is 498 g/mol. The van der Waals surface area contributed by atoms with E-state index in [1.54, 1.807) is 42.6 Å². The lowest BCUT2D eigenvalue weighted by Gasteiger charge is -2.25. The Morgan fingerprint density at radius 3 is 2.62 bits per heavy atom. The van der Waals surface area contributed by atoms with Gasteiger partial charge in [-0.05, 0) is 30.7 Å². The van der Waals surface area contributed by atoms with Gasteiger partial charge in [0.25, 0.3) is 0 Å². The Hall–Kier alpha value is -3.28. The van der Waals surface area contributed by atoms with E-state index in [1.165, 1.54) is 11.7 Å². The standard InChI is InChI=1S/C26H33N3O7S/c1-4-36-23-14-18(8-9-22(23)34-2)21(17-37(3,32)33)29-15-19-6-5-7-20(25(19)26(29)31)27-24(30)16-28-10-12-35-13-11-28/h5-9,14-15,21,31H,4,10-13,16-17H2,1-3H3,(H,27,30). The van der Waals surface area contributed by atoms with Crippen LogP contribution in [0, 0.1) is 0 Å². The minimum absolute atomic E-state index is 0.139. The molecule has 0 radical (unpaired) electrons. The molecule has 200 valence electrons. The number of aromatic nitrogens is 1. The molecule has 1 aliphatic heterocycles. The highest BCUT2D eigenvalue weighted by Crippen LogP contribution is 2.39. The summed E-state index contributed by atoms with van der Waals surface area (Å²) in [6.07, 6.45) is 2.85. The van der Waals surface area contributed by atoms with E-state index in [0.717, 1.165) is 6.26 Å². The minimum Gasteiger partial charge on any atom is -0.494 e. The number of aromatic hydroxyl groups is 1. The van der Waals surface area contributed by atoms with Crippen LogP contribution in [0.25, 0.3) is 10.8 Å². The van der Waals surface area contributed by atoms with Gasteiger partial charge in [-0.1, -0.05) is 18.2 Å². The molecule has 11 heteroatoms. The van der Waals surface area contributed by atoms with E-state index in [0.29, 0.717) is 66.4 Å². The maximum atomic E-state index is 12.8. The van der Waals surface area contributed by atoms with Crippen LogP contribution in [0.15, 0.2) is 42.6 Å². The van der Waals surface area contributed by atoms with Crippen molar-refractivity contribution in [2.75, 3.05) is 63.9 Å². The summed E-state index contributed by atoms with van der Waals surface area (Å²) < 4.78 is 42.8. The molecular formula is C26H33N3O7S. The molecule has 4 rings (SSSR count). The number of carbonyl (C=O) groups excluding carboxylic acids is 1. The van der Waals surface area contributed by atoms with Crippen LogP contribution in [0.3, 0.4) is 0 Å². The largest absolute Gasteiger partial charge is 0.494 e. The van der Waals surface area contributed by atoms with Crippen LogP contribution in [0.1, 0.15) is 18.5 Å². The topological polar surface area (TPSA) is 119 Å². The number of rotatable bonds is 10. The summed E-state index contributed by atoms with van der Waals surface area (Å²) >= 11 is 0. The van der Waals surface area contributed by atoms with Crippen molar-refractivity contribution < 1.29 is 32.5 Å². The molecule has 1 aromatic heterocycles. The number of morpholine rings is 1. The lowest BCUT2D eigenvalue weighted by molar-refractivity contribution is -0.118. The molecule has 1 saturated heterocycles. The molecule has 1 atom stereocenters. The van der Waals surface area contributed by atoms with E-state index in [1.807, 2.05) is 11.8 Å². The smallest absolute Gasteiger partial charge is 0.238 e. The van der Waals surface area contributed by atoms with Gasteiger partial charge in [0.05, 0.1) is 56.3 Å². The number of amides is 1. The number of benzene rings is 2. The fraction of sp³-hybridized carbons (Fsp3) is 0.423. The molecule has 1 amide bonds. The Balaban J connectivity index is 1.72. The quantitative estimate of drug-likeness (QED) is 0.410. The van der Waals surface area contributed by atoms with Gasteiger partial charge in [0, 0.05) is 30.9 Å². The number of nitrogens with zero attached hydrogens (tertiary/aromatic N) is 2. The maximum Gasteiger partial charge on any atom is 0.238 e. The molecule has 3 aromatic rings. The molecule has 0 aliphatic carbocycles. The average molecular weight is 532 g/mol. The molecule has 1 unspecified atom stereocenters. The van der Waals surface area contributed by atoms with E-state index >= 15 is 0 Å². The second-order valence-electron chi connectivity index (χ2n) is 9.02. The monoisotopic (exact) mass is 531 g/mol. The molecule has 2 N–H and O–H groups in total. The summed E-state index contributed by atoms with van der Waals surface area (Å²) in [5, 5.41) is 15.4. The van der Waals surface area contributed by atoms with Crippen molar-refractivity contribution in [3.8, 4) is 17.4 Å². The van der Waals surface area contributed by atoms with Crippen molar-refractivity contribution >= 4 is 32.2 Å². The van der Waals surface area contributed by atoms with Gasteiger partial charge in [-0.25, -0.2) is 8.42 Å². The van der Waals surface area contributed by atoms with Gasteiger partial charge in [0.15, 0.2) is 11.5 Å². The van der Waals surface area contributed by atoms with Gasteiger partial charge in [0.2, 0.25) is 11.8 Å². The maximum absolute atomic E-state index is 12.8. The van der Waals surface area contributed by atoms with Crippen LogP contribution in [0.2, 0.25) is 0 Å². The van der Waals surface area contributed by atoms with Crippen LogP contribution in [0.5, 0.6) is 17.4 Å². The highest BCUT2D eigenvalue weighted by Gasteiger charge is 2.26. The zero-order chi connectivity index (χ0) is 26.6. The van der Waals surface area contributed by atoms with Crippen molar-refractivity contribution in [3.05, 3.63) is 48.2 Å². The fourth-order valence-electron chi connectivity index (χ4n) is 4.55. The van der Waals surface area contributed by atoms with Gasteiger partial charge in [-0.15, -0.1) is 0 Å². The number of anilines is 1. The highest BCUT2D eigenvalue weighted by atomic mass is 32.2. The van der Waals surface area contributed by atoms with Crippen molar-refractivity contribution in [1.29, 1.82) is 0 Å². The molecule has 2 aromatic carbocycles. The first kappa shape index (κ1) is 26.8. The predicted molar refractivity (Wildman–Crippen MR) is 142 cm³/mol. The van der Waals surface area contributed by atoms with Crippen LogP contribution in [-0.4, -0.2) is 87.5 Å². The third kappa shape index (κ3) is 6.35. The summed E-state index contributed by atoms with van der Waals surface area (Å²) in [7, 11) is -1.92. The summed E-state index contributed by atoms with van der Waals surface area (Å²) in [5.41, 5.74) is 1.08. The third-order valence-electron chi connectivity index (χ3n) is 6.26. The summed E-state index contributed by atoms with van der Waals surface area (Å²) in [6, 6.07) is 9.76. The molecule has 1 fully saturated rings. The fourth-order valence-corrected chi connectivity index (χ4v) is 5.48. The summed E-state index contributed by atoms with van der Waals surface area (Å²) in [4.78, 5) is 14.8. The van der Waals surface area contributed by atoms with Crippen molar-refractivity contribution in [2.45, 2.75) is 13.0 Å². The Morgan fingerprint density at radius 1 is 1.19 bits per heavy atom. The molecule has 0 saturated carbocycles. The summed E-state index contributed by atoms with van der Waals surface area (Å²) in [6.45, 7) is 5.00. The van der Waals surface area contributed by atoms with Gasteiger partial charge >= 0.3 is 0 Å². The molecule has 10 nitrogen and oxygen atoms in total. The first-order chi connectivity index (χ1) is 17.7. The highest BCUT2D eigenvalue weighted by molar-refractivity contribution is 7.90. The number of hydrogen-bond acceptors (Lipinski definition) is 8. The number of hydrogen-bond donors (Lipinski definition) is 2. The Bertz CT molecular complexity index is 1360. The SMILES string of the molecule is CCOc1cc(C(CS(C)(=O)=O)n2cc3cccc(NC(=O)CN4CCOCC4)c3c2O)ccc1OC. The third-order valence-corrected chi connectivity index (χ3v) is 7.18. The van der Waals surface area contributed by atoms with E-state index in [9.17, 15) is 18.3 Å². The van der Waals surface area contributed by atoms with Crippen molar-refractivity contribution in [1.82, 2.24) is 9.47 Å². The van der Waals surface area contributed by atoms with Gasteiger partial charge in [-0.2, -0.15) is 0 Å². The van der Waals surface area contributed by atoms with Crippen LogP contribution >= 0.6 is 0 Å². The van der Waals surface area contributed by atoms with Crippen LogP contribution in [-0.2, 0) is 19.4 Å². The van der Waals surface area contributed by atoms with Gasteiger partial charge in [0.1, 0.15) is 9.84 Å². The number of sulfone groups is 1. The minimum atomic E-state index is -3.45. The van der Waals surface area contributed by atoms with E-state index in [-0.39, 0.29) is 24.1 Å². The first-order valence-electron chi connectivity index (χ1n) is 12.1. The second kappa shape index (κ2) is 11.4. The van der Waals surface area contributed by atoms with E-state index in [2.05, 4.69) is 5.32 Å². The normalized spacial score (nSPS) is 15.4. The van der Waals surface area contributed by atoms with E-state index < -0.39 is 15.9 Å². The zero-order valence-corrected chi connectivity index (χ0v) is 22.1. The van der Waals surface area contributed by atoms with Gasteiger partial charge in [-0.3, -0.25) is 9.69 Å². The van der Waals surface area contributed by atoms with Crippen LogP contribution in [0.4, 0.5) is 5.69 Å². The lowest BCUT2D eigenvalue weighted by atomic mass is 10.1. The molecule has 0 bridgehead atoms. The summed E-state index contributed by atoms with van der Waals surface area (Å²) in [5.74, 6) is 0.410. The zero-order valence-electron chi connectivity index (χ0n) is 21.3. The molecule has 1 aliphatic rings. The van der Waals surface area contributed by atoms with Crippen LogP contribution < -0.4 is 14.8 Å². The number of nitrogens with one attached hydrogen (secondary N) is 1. The number of methoxy groups -OCH3 is 1. The average Bonchev–Trinajstić information content (AvgIpc) is 3.20. The second-order valence-corrected chi connectivity index (χ2v) is 11.2. The molecule has 2 heterocycles. The first-order valence-corrected chi connectivity index (χ1v) is 14.2. The lowest BCUT2D eigenvalue weighted by Crippen LogP contribution is -2.41. The number of fused-ring (bicyclic) bond motifs is 1. The Kier molecular flexibility index (Phi) is 8.25. The van der Waals surface area contributed by atoms with Crippen molar-refractivity contribution in [3.63, 3.8) is 0 Å². The molecule has 0 spiro atoms.